The third kappa shape index (κ3) is 4.59. The average Bonchev–Trinajstić information content (AvgIpc) is 2.60. The lowest BCUT2D eigenvalue weighted by Crippen LogP contribution is -2.57. The van der Waals surface area contributed by atoms with E-state index >= 15 is 0 Å². The first-order valence-corrected chi connectivity index (χ1v) is 10.4. The number of nitriles is 1. The normalized spacial score (nSPS) is 24.8. The number of halogens is 2. The lowest BCUT2D eigenvalue weighted by Gasteiger charge is -2.48. The molecule has 2 N–H and O–H groups in total. The summed E-state index contributed by atoms with van der Waals surface area (Å²) < 4.78 is 13.7. The van der Waals surface area contributed by atoms with Crippen molar-refractivity contribution in [2.75, 3.05) is 0 Å². The fraction of sp³-hybridized carbons (Fsp3) is 0.565. The molecule has 0 bridgehead atoms. The van der Waals surface area contributed by atoms with Gasteiger partial charge in [-0.3, -0.25) is 4.79 Å². The highest BCUT2D eigenvalue weighted by molar-refractivity contribution is 6.31. The summed E-state index contributed by atoms with van der Waals surface area (Å²) in [6, 6.07) is 5.84. The largest absolute Gasteiger partial charge is 0.481 e. The molecule has 0 fully saturated rings. The summed E-state index contributed by atoms with van der Waals surface area (Å²) in [5, 5.41) is 24.0. The van der Waals surface area contributed by atoms with Crippen molar-refractivity contribution >= 4 is 17.6 Å². The number of carboxylic acids is 1. The number of nitrogens with zero attached hydrogens (tertiary/aromatic N) is 1. The second kappa shape index (κ2) is 8.75. The van der Waals surface area contributed by atoms with Crippen LogP contribution >= 0.6 is 11.6 Å². The van der Waals surface area contributed by atoms with Crippen LogP contribution in [0.3, 0.4) is 0 Å². The number of benzene rings is 1. The molecule has 0 saturated carbocycles. The molecule has 3 atom stereocenters. The maximum Gasteiger partial charge on any atom is 0.312 e. The molecule has 0 amide bonds. The number of rotatable bonds is 6. The first-order chi connectivity index (χ1) is 13.5. The van der Waals surface area contributed by atoms with Crippen LogP contribution in [0, 0.1) is 28.0 Å². The van der Waals surface area contributed by atoms with Crippen LogP contribution in [0.25, 0.3) is 0 Å². The zero-order valence-electron chi connectivity index (χ0n) is 17.8. The third-order valence-electron chi connectivity index (χ3n) is 5.88. The minimum atomic E-state index is -1.27. The van der Waals surface area contributed by atoms with Crippen LogP contribution in [0.5, 0.6) is 0 Å². The molecule has 0 aliphatic carbocycles. The molecule has 3 unspecified atom stereocenters. The number of hydrogen-bond donors (Lipinski definition) is 2. The summed E-state index contributed by atoms with van der Waals surface area (Å²) in [4.78, 5) is 12.9. The van der Waals surface area contributed by atoms with Crippen LogP contribution in [-0.2, 0) is 4.79 Å². The highest BCUT2D eigenvalue weighted by Gasteiger charge is 2.56. The number of aliphatic carboxylic acids is 1. The van der Waals surface area contributed by atoms with Crippen LogP contribution in [0.1, 0.15) is 71.8 Å². The molecular weight excluding hydrogens is 391 g/mol. The van der Waals surface area contributed by atoms with Crippen molar-refractivity contribution in [2.45, 2.75) is 72.3 Å². The second-order valence-electron chi connectivity index (χ2n) is 9.14. The van der Waals surface area contributed by atoms with Crippen molar-refractivity contribution in [1.82, 2.24) is 5.32 Å². The highest BCUT2D eigenvalue weighted by Crippen LogP contribution is 2.54. The summed E-state index contributed by atoms with van der Waals surface area (Å²) in [7, 11) is 0. The molecule has 0 aromatic heterocycles. The Bertz CT molecular complexity index is 853. The van der Waals surface area contributed by atoms with Crippen LogP contribution in [0.4, 0.5) is 4.39 Å². The fourth-order valence-electron chi connectivity index (χ4n) is 4.36. The first kappa shape index (κ1) is 23.2. The Kier molecular flexibility index (Phi) is 7.01. The maximum atomic E-state index is 13.7. The molecule has 0 spiro atoms. The number of nitrogens with one attached hydrogen (secondary N) is 1. The lowest BCUT2D eigenvalue weighted by atomic mass is 9.58. The van der Waals surface area contributed by atoms with Crippen LogP contribution in [-0.4, -0.2) is 17.1 Å². The van der Waals surface area contributed by atoms with Gasteiger partial charge >= 0.3 is 5.97 Å². The summed E-state index contributed by atoms with van der Waals surface area (Å²) in [5.41, 5.74) is 0.142. The van der Waals surface area contributed by atoms with Gasteiger partial charge in [0.25, 0.3) is 0 Å². The predicted molar refractivity (Wildman–Crippen MR) is 113 cm³/mol. The summed E-state index contributed by atoms with van der Waals surface area (Å²) in [6.45, 7) is 10.0. The topological polar surface area (TPSA) is 73.1 Å². The Morgan fingerprint density at radius 3 is 2.55 bits per heavy atom. The van der Waals surface area contributed by atoms with E-state index < -0.39 is 23.1 Å². The molecule has 6 heteroatoms. The van der Waals surface area contributed by atoms with Gasteiger partial charge in [-0.15, -0.1) is 0 Å². The van der Waals surface area contributed by atoms with Crippen molar-refractivity contribution in [3.05, 3.63) is 45.9 Å². The number of hydrogen-bond acceptors (Lipinski definition) is 3. The molecule has 0 radical (unpaired) electrons. The SMILES string of the molecule is CCCC1NC(C)=C(C#N)C(c2ccc(F)cc2Cl)C1(CCC(C)(C)C)C(=O)O. The van der Waals surface area contributed by atoms with Gasteiger partial charge in [-0.25, -0.2) is 4.39 Å². The van der Waals surface area contributed by atoms with Crippen LogP contribution in [0.15, 0.2) is 29.5 Å². The Morgan fingerprint density at radius 2 is 2.07 bits per heavy atom. The summed E-state index contributed by atoms with van der Waals surface area (Å²) >= 11 is 6.39. The second-order valence-corrected chi connectivity index (χ2v) is 9.55. The van der Waals surface area contributed by atoms with Crippen molar-refractivity contribution < 1.29 is 14.3 Å². The molecule has 1 aromatic rings. The zero-order chi connectivity index (χ0) is 22.0. The highest BCUT2D eigenvalue weighted by atomic mass is 35.5. The Hall–Kier alpha value is -2.06. The molecule has 29 heavy (non-hydrogen) atoms. The minimum absolute atomic E-state index is 0.0840. The van der Waals surface area contributed by atoms with E-state index in [1.54, 1.807) is 6.92 Å². The molecule has 4 nitrogen and oxygen atoms in total. The van der Waals surface area contributed by atoms with Gasteiger partial charge in [0.05, 0.1) is 17.1 Å². The zero-order valence-corrected chi connectivity index (χ0v) is 18.5. The van der Waals surface area contributed by atoms with E-state index in [-0.39, 0.29) is 16.5 Å². The average molecular weight is 421 g/mol. The van der Waals surface area contributed by atoms with Crippen LogP contribution in [0.2, 0.25) is 5.02 Å². The molecule has 0 saturated heterocycles. The first-order valence-electron chi connectivity index (χ1n) is 10.0. The summed E-state index contributed by atoms with van der Waals surface area (Å²) in [6.07, 6.45) is 2.47. The lowest BCUT2D eigenvalue weighted by molar-refractivity contribution is -0.153. The molecule has 158 valence electrons. The van der Waals surface area contributed by atoms with Gasteiger partial charge in [0, 0.05) is 22.7 Å². The molecule has 1 aliphatic rings. The van der Waals surface area contributed by atoms with Gasteiger partial charge in [0.2, 0.25) is 0 Å². The predicted octanol–water partition coefficient (Wildman–Crippen LogP) is 6.03. The Balaban J connectivity index is 2.81. The third-order valence-corrected chi connectivity index (χ3v) is 6.21. The molecule has 1 heterocycles. The van der Waals surface area contributed by atoms with Crippen LogP contribution < -0.4 is 5.32 Å². The molecule has 1 aliphatic heterocycles. The van der Waals surface area contributed by atoms with Gasteiger partial charge in [-0.1, -0.05) is 51.8 Å². The van der Waals surface area contributed by atoms with Crippen molar-refractivity contribution in [3.8, 4) is 6.07 Å². The quantitative estimate of drug-likeness (QED) is 0.589. The van der Waals surface area contributed by atoms with E-state index in [0.717, 1.165) is 6.42 Å². The fourth-order valence-corrected chi connectivity index (χ4v) is 4.63. The minimum Gasteiger partial charge on any atom is -0.481 e. The monoisotopic (exact) mass is 420 g/mol. The van der Waals surface area contributed by atoms with E-state index in [1.807, 2.05) is 6.92 Å². The van der Waals surface area contributed by atoms with Crippen molar-refractivity contribution in [3.63, 3.8) is 0 Å². The molecule has 2 rings (SSSR count). The Labute approximate surface area is 177 Å². The molecule has 1 aromatic carbocycles. The van der Waals surface area contributed by atoms with Crippen molar-refractivity contribution in [1.29, 1.82) is 5.26 Å². The van der Waals surface area contributed by atoms with Gasteiger partial charge in [0.15, 0.2) is 0 Å². The maximum absolute atomic E-state index is 13.7. The Morgan fingerprint density at radius 1 is 1.41 bits per heavy atom. The van der Waals surface area contributed by atoms with E-state index in [4.69, 9.17) is 11.6 Å². The van der Waals surface area contributed by atoms with Gasteiger partial charge in [-0.05, 0) is 49.3 Å². The van der Waals surface area contributed by atoms with Crippen molar-refractivity contribution in [2.24, 2.45) is 10.8 Å². The van der Waals surface area contributed by atoms with Gasteiger partial charge in [0.1, 0.15) is 5.82 Å². The standard InChI is InChI=1S/C23H30ClFN2O2/c1-6-7-19-23(21(28)29,11-10-22(3,4)5)20(17(13-26)14(2)27-19)16-9-8-15(25)12-18(16)24/h8-9,12,19-20,27H,6-7,10-11H2,1-5H3,(H,28,29). The number of carboxylic acid groups (broad SMARTS) is 1. The van der Waals surface area contributed by atoms with E-state index in [9.17, 15) is 19.6 Å². The van der Waals surface area contributed by atoms with E-state index in [2.05, 4.69) is 32.2 Å². The smallest absolute Gasteiger partial charge is 0.312 e. The number of allylic oxidation sites excluding steroid dienone is 2. The van der Waals surface area contributed by atoms with Gasteiger partial charge in [-0.2, -0.15) is 5.26 Å². The number of carbonyl (C=O) groups is 1. The molecular formula is C23H30ClFN2O2. The summed E-state index contributed by atoms with van der Waals surface area (Å²) in [5.74, 6) is -2.20. The van der Waals surface area contributed by atoms with E-state index in [0.29, 0.717) is 36.1 Å². The van der Waals surface area contributed by atoms with Gasteiger partial charge < -0.3 is 10.4 Å². The van der Waals surface area contributed by atoms with E-state index in [1.165, 1.54) is 18.2 Å².